The number of hydrogen-bond donors (Lipinski definition) is 0. The Morgan fingerprint density at radius 2 is 1.53 bits per heavy atom. The van der Waals surface area contributed by atoms with Gasteiger partial charge in [-0.25, -0.2) is 0 Å². The lowest BCUT2D eigenvalue weighted by Crippen LogP contribution is -2.03. The topological polar surface area (TPSA) is 0 Å². The molecule has 0 heterocycles. The molecule has 1 aromatic rings. The van der Waals surface area contributed by atoms with Gasteiger partial charge in [0, 0.05) is 0 Å². The molecule has 0 nitrogen and oxygen atoms in total. The molecule has 84 valence electrons. The Hall–Kier alpha value is -0.780. The maximum Gasteiger partial charge on any atom is -0.0185 e. The van der Waals surface area contributed by atoms with Gasteiger partial charge in [-0.3, -0.25) is 0 Å². The highest BCUT2D eigenvalue weighted by Gasteiger charge is 2.12. The monoisotopic (exact) mass is 204 g/mol. The molecule has 0 fully saturated rings. The molecule has 1 atom stereocenters. The third kappa shape index (κ3) is 2.84. The van der Waals surface area contributed by atoms with Crippen LogP contribution in [0, 0.1) is 0 Å². The minimum Gasteiger partial charge on any atom is -0.0654 e. The molecule has 0 N–H and O–H groups in total. The summed E-state index contributed by atoms with van der Waals surface area (Å²) in [6.07, 6.45) is 4.92. The molecule has 0 heteroatoms. The summed E-state index contributed by atoms with van der Waals surface area (Å²) in [7, 11) is 0. The lowest BCUT2D eigenvalue weighted by molar-refractivity contribution is 0.652. The number of rotatable bonds is 5. The van der Waals surface area contributed by atoms with Crippen molar-refractivity contribution in [2.75, 3.05) is 0 Å². The fourth-order valence-corrected chi connectivity index (χ4v) is 2.49. The zero-order valence-corrected chi connectivity index (χ0v) is 10.6. The first kappa shape index (κ1) is 12.3. The Kier molecular flexibility index (Phi) is 4.87. The summed E-state index contributed by atoms with van der Waals surface area (Å²) in [5.74, 6) is 0.723. The quantitative estimate of drug-likeness (QED) is 0.651. The van der Waals surface area contributed by atoms with Crippen LogP contribution in [0.3, 0.4) is 0 Å². The van der Waals surface area contributed by atoms with Crippen LogP contribution in [0.15, 0.2) is 18.2 Å². The zero-order valence-electron chi connectivity index (χ0n) is 10.6. The first-order valence-electron chi connectivity index (χ1n) is 6.35. The maximum atomic E-state index is 2.37. The van der Waals surface area contributed by atoms with Crippen LogP contribution in [0.4, 0.5) is 0 Å². The van der Waals surface area contributed by atoms with E-state index in [9.17, 15) is 0 Å². The van der Waals surface area contributed by atoms with Gasteiger partial charge in [-0.15, -0.1) is 0 Å². The Bertz CT molecular complexity index is 277. The molecule has 0 radical (unpaired) electrons. The van der Waals surface area contributed by atoms with Crippen molar-refractivity contribution in [3.8, 4) is 0 Å². The molecular weight excluding hydrogens is 180 g/mol. The van der Waals surface area contributed by atoms with E-state index in [0.717, 1.165) is 18.8 Å². The summed E-state index contributed by atoms with van der Waals surface area (Å²) >= 11 is 0. The summed E-state index contributed by atoms with van der Waals surface area (Å²) in [6.45, 7) is 9.17. The standard InChI is InChI=1S/C15H24/c1-5-9-12(4)15-13(6-2)10-8-11-14(15)7-3/h8,10-12H,5-7,9H2,1-4H3/t12-/m0/s1. The molecule has 0 aromatic heterocycles. The normalized spacial score (nSPS) is 12.8. The highest BCUT2D eigenvalue weighted by molar-refractivity contribution is 5.38. The molecule has 1 aromatic carbocycles. The predicted molar refractivity (Wildman–Crippen MR) is 68.5 cm³/mol. The van der Waals surface area contributed by atoms with Gasteiger partial charge in [-0.05, 0) is 41.9 Å². The average Bonchev–Trinajstić information content (AvgIpc) is 2.28. The van der Waals surface area contributed by atoms with Gasteiger partial charge in [-0.1, -0.05) is 52.3 Å². The van der Waals surface area contributed by atoms with Crippen molar-refractivity contribution in [1.82, 2.24) is 0 Å². The molecule has 0 amide bonds. The fraction of sp³-hybridized carbons (Fsp3) is 0.600. The molecule has 0 aliphatic rings. The molecular formula is C15H24. The Labute approximate surface area is 94.7 Å². The summed E-state index contributed by atoms with van der Waals surface area (Å²) < 4.78 is 0. The smallest absolute Gasteiger partial charge is 0.0185 e. The van der Waals surface area contributed by atoms with Gasteiger partial charge in [0.15, 0.2) is 0 Å². The van der Waals surface area contributed by atoms with Gasteiger partial charge in [-0.2, -0.15) is 0 Å². The van der Waals surface area contributed by atoms with Crippen molar-refractivity contribution < 1.29 is 0 Å². The third-order valence-corrected chi connectivity index (χ3v) is 3.26. The van der Waals surface area contributed by atoms with E-state index in [0.29, 0.717) is 0 Å². The van der Waals surface area contributed by atoms with E-state index in [1.807, 2.05) is 0 Å². The number of benzene rings is 1. The van der Waals surface area contributed by atoms with Gasteiger partial charge in [0.05, 0.1) is 0 Å². The summed E-state index contributed by atoms with van der Waals surface area (Å²) in [4.78, 5) is 0. The first-order valence-corrected chi connectivity index (χ1v) is 6.35. The van der Waals surface area contributed by atoms with E-state index in [1.54, 1.807) is 16.7 Å². The molecule has 0 saturated carbocycles. The maximum absolute atomic E-state index is 2.37. The Morgan fingerprint density at radius 1 is 1.00 bits per heavy atom. The summed E-state index contributed by atoms with van der Waals surface area (Å²) in [5, 5.41) is 0. The van der Waals surface area contributed by atoms with E-state index >= 15 is 0 Å². The minimum absolute atomic E-state index is 0.723. The Morgan fingerprint density at radius 3 is 1.93 bits per heavy atom. The van der Waals surface area contributed by atoms with Gasteiger partial charge in [0.1, 0.15) is 0 Å². The lowest BCUT2D eigenvalue weighted by atomic mass is 9.86. The van der Waals surface area contributed by atoms with Crippen molar-refractivity contribution in [2.24, 2.45) is 0 Å². The van der Waals surface area contributed by atoms with E-state index in [2.05, 4.69) is 45.9 Å². The predicted octanol–water partition coefficient (Wildman–Crippen LogP) is 4.72. The molecule has 0 aliphatic heterocycles. The van der Waals surface area contributed by atoms with Crippen molar-refractivity contribution >= 4 is 0 Å². The fourth-order valence-electron chi connectivity index (χ4n) is 2.49. The van der Waals surface area contributed by atoms with Crippen LogP contribution in [-0.2, 0) is 12.8 Å². The molecule has 0 spiro atoms. The van der Waals surface area contributed by atoms with Crippen LogP contribution in [0.5, 0.6) is 0 Å². The third-order valence-electron chi connectivity index (χ3n) is 3.26. The highest BCUT2D eigenvalue weighted by atomic mass is 14.2. The molecule has 0 aliphatic carbocycles. The lowest BCUT2D eigenvalue weighted by Gasteiger charge is -2.19. The van der Waals surface area contributed by atoms with Gasteiger partial charge in [0.2, 0.25) is 0 Å². The summed E-state index contributed by atoms with van der Waals surface area (Å²) in [6, 6.07) is 6.79. The van der Waals surface area contributed by atoms with Gasteiger partial charge >= 0.3 is 0 Å². The second kappa shape index (κ2) is 5.95. The van der Waals surface area contributed by atoms with E-state index in [-0.39, 0.29) is 0 Å². The Balaban J connectivity index is 3.09. The summed E-state index contributed by atoms with van der Waals surface area (Å²) in [5.41, 5.74) is 4.73. The number of aryl methyl sites for hydroxylation is 2. The van der Waals surface area contributed by atoms with Crippen molar-refractivity contribution in [1.29, 1.82) is 0 Å². The van der Waals surface area contributed by atoms with Gasteiger partial charge < -0.3 is 0 Å². The zero-order chi connectivity index (χ0) is 11.3. The van der Waals surface area contributed by atoms with Crippen LogP contribution in [0.2, 0.25) is 0 Å². The minimum atomic E-state index is 0.723. The van der Waals surface area contributed by atoms with Crippen molar-refractivity contribution in [3.63, 3.8) is 0 Å². The van der Waals surface area contributed by atoms with Crippen LogP contribution >= 0.6 is 0 Å². The largest absolute Gasteiger partial charge is 0.0654 e. The van der Waals surface area contributed by atoms with Crippen molar-refractivity contribution in [2.45, 2.75) is 59.3 Å². The van der Waals surface area contributed by atoms with Crippen LogP contribution in [-0.4, -0.2) is 0 Å². The van der Waals surface area contributed by atoms with E-state index < -0.39 is 0 Å². The van der Waals surface area contributed by atoms with Crippen LogP contribution < -0.4 is 0 Å². The highest BCUT2D eigenvalue weighted by Crippen LogP contribution is 2.28. The second-order valence-electron chi connectivity index (χ2n) is 4.39. The van der Waals surface area contributed by atoms with Crippen LogP contribution in [0.1, 0.15) is 63.1 Å². The van der Waals surface area contributed by atoms with Gasteiger partial charge in [0.25, 0.3) is 0 Å². The van der Waals surface area contributed by atoms with E-state index in [4.69, 9.17) is 0 Å². The van der Waals surface area contributed by atoms with E-state index in [1.165, 1.54) is 12.8 Å². The molecule has 0 saturated heterocycles. The molecule has 1 rings (SSSR count). The number of hydrogen-bond acceptors (Lipinski definition) is 0. The van der Waals surface area contributed by atoms with Crippen molar-refractivity contribution in [3.05, 3.63) is 34.9 Å². The second-order valence-corrected chi connectivity index (χ2v) is 4.39. The SMILES string of the molecule is CCC[C@H](C)c1c(CC)cccc1CC. The first-order chi connectivity index (χ1) is 7.24. The average molecular weight is 204 g/mol. The molecule has 15 heavy (non-hydrogen) atoms. The molecule has 0 bridgehead atoms. The molecule has 0 unspecified atom stereocenters. The van der Waals surface area contributed by atoms with Crippen LogP contribution in [0.25, 0.3) is 0 Å².